The minimum absolute atomic E-state index is 0. The number of nitrogen functional groups attached to an aromatic ring is 1. The molecule has 0 unspecified atom stereocenters. The number of hydrogen-bond donors (Lipinski definition) is 3. The van der Waals surface area contributed by atoms with E-state index in [1.165, 1.54) is 6.07 Å². The lowest BCUT2D eigenvalue weighted by molar-refractivity contribution is 0.426. The number of benzene rings is 1. The van der Waals surface area contributed by atoms with E-state index in [-0.39, 0.29) is 5.48 Å². The zero-order chi connectivity index (χ0) is 7.56. The van der Waals surface area contributed by atoms with Crippen molar-refractivity contribution in [2.75, 3.05) is 5.73 Å². The first-order chi connectivity index (χ1) is 4.70. The lowest BCUT2D eigenvalue weighted by Crippen LogP contribution is -2.29. The lowest BCUT2D eigenvalue weighted by atomic mass is 9.80. The summed E-state index contributed by atoms with van der Waals surface area (Å²) in [4.78, 5) is 0. The molecule has 0 aliphatic carbocycles. The molecule has 0 heterocycles. The van der Waals surface area contributed by atoms with E-state index >= 15 is 0 Å². The van der Waals surface area contributed by atoms with Crippen molar-refractivity contribution in [1.82, 2.24) is 0 Å². The fraction of sp³-hybridized carbons (Fsp3) is 0. The van der Waals surface area contributed by atoms with Crippen LogP contribution < -0.4 is 11.2 Å². The van der Waals surface area contributed by atoms with Crippen LogP contribution in [-0.2, 0) is 0 Å². The van der Waals surface area contributed by atoms with Gasteiger partial charge in [0.1, 0.15) is 0 Å². The van der Waals surface area contributed by atoms with Crippen LogP contribution in [0.5, 0.6) is 0 Å². The molecule has 0 aromatic heterocycles. The quantitative estimate of drug-likeness (QED) is 0.327. The van der Waals surface area contributed by atoms with Gasteiger partial charge in [0.05, 0.1) is 0 Å². The van der Waals surface area contributed by atoms with Crippen LogP contribution >= 0.6 is 0 Å². The van der Waals surface area contributed by atoms with Crippen LogP contribution in [0, 0.1) is 0 Å². The van der Waals surface area contributed by atoms with Gasteiger partial charge in [-0.15, -0.1) is 0 Å². The number of nitrogens with two attached hydrogens (primary N) is 1. The van der Waals surface area contributed by atoms with Gasteiger partial charge in [0.25, 0.3) is 0 Å². The van der Waals surface area contributed by atoms with Crippen molar-refractivity contribution in [3.63, 3.8) is 0 Å². The standard InChI is InChI=1S/C6H8BNO2.H2O/c8-6-3-1-2-5(4-6)7(9)10;/h1-4,9-10H,8H2;1H2. The van der Waals surface area contributed by atoms with Gasteiger partial charge >= 0.3 is 7.12 Å². The molecule has 0 bridgehead atoms. The summed E-state index contributed by atoms with van der Waals surface area (Å²) in [6.45, 7) is 0. The first kappa shape index (κ1) is 9.96. The van der Waals surface area contributed by atoms with Gasteiger partial charge in [0.15, 0.2) is 0 Å². The SMILES string of the molecule is Nc1cccc(B(O)O)c1.O. The fourth-order valence-corrected chi connectivity index (χ4v) is 0.720. The molecule has 1 aromatic carbocycles. The molecule has 1 rings (SSSR count). The Balaban J connectivity index is 0.000001000. The van der Waals surface area contributed by atoms with E-state index in [4.69, 9.17) is 15.8 Å². The van der Waals surface area contributed by atoms with Gasteiger partial charge in [-0.25, -0.2) is 0 Å². The molecule has 0 amide bonds. The largest absolute Gasteiger partial charge is 0.488 e. The molecule has 1 aromatic rings. The summed E-state index contributed by atoms with van der Waals surface area (Å²) in [7, 11) is -1.43. The number of hydrogen-bond acceptors (Lipinski definition) is 3. The van der Waals surface area contributed by atoms with Crippen molar-refractivity contribution in [3.8, 4) is 0 Å². The van der Waals surface area contributed by atoms with Crippen LogP contribution in [0.2, 0.25) is 0 Å². The van der Waals surface area contributed by atoms with Crippen molar-refractivity contribution in [2.24, 2.45) is 0 Å². The van der Waals surface area contributed by atoms with E-state index in [1.807, 2.05) is 0 Å². The molecule has 6 N–H and O–H groups in total. The summed E-state index contributed by atoms with van der Waals surface area (Å²) in [5.41, 5.74) is 6.32. The topological polar surface area (TPSA) is 98.0 Å². The molecule has 0 fully saturated rings. The van der Waals surface area contributed by atoms with E-state index in [1.54, 1.807) is 18.2 Å². The Bertz CT molecular complexity index is 229. The summed E-state index contributed by atoms with van der Waals surface area (Å²) in [5, 5.41) is 17.3. The summed E-state index contributed by atoms with van der Waals surface area (Å²) in [6.07, 6.45) is 0. The van der Waals surface area contributed by atoms with Crippen LogP contribution in [0.1, 0.15) is 0 Å². The Hall–Kier alpha value is -1.04. The first-order valence-corrected chi connectivity index (χ1v) is 2.92. The smallest absolute Gasteiger partial charge is 0.423 e. The van der Waals surface area contributed by atoms with Gasteiger partial charge in [-0.1, -0.05) is 12.1 Å². The second-order valence-corrected chi connectivity index (χ2v) is 2.04. The van der Waals surface area contributed by atoms with Crippen LogP contribution in [-0.4, -0.2) is 22.6 Å². The molecule has 11 heavy (non-hydrogen) atoms. The maximum Gasteiger partial charge on any atom is 0.488 e. The Morgan fingerprint density at radius 3 is 2.27 bits per heavy atom. The molecule has 0 aliphatic rings. The van der Waals surface area contributed by atoms with Crippen molar-refractivity contribution < 1.29 is 15.5 Å². The van der Waals surface area contributed by atoms with Crippen LogP contribution in [0.3, 0.4) is 0 Å². The van der Waals surface area contributed by atoms with Gasteiger partial charge in [0, 0.05) is 5.69 Å². The summed E-state index contributed by atoms with van der Waals surface area (Å²) >= 11 is 0. The van der Waals surface area contributed by atoms with E-state index < -0.39 is 7.12 Å². The van der Waals surface area contributed by atoms with E-state index in [0.29, 0.717) is 11.2 Å². The number of rotatable bonds is 1. The van der Waals surface area contributed by atoms with Gasteiger partial charge in [0.2, 0.25) is 0 Å². The van der Waals surface area contributed by atoms with Crippen molar-refractivity contribution in [1.29, 1.82) is 0 Å². The molecule has 0 saturated heterocycles. The molecule has 0 saturated carbocycles. The highest BCUT2D eigenvalue weighted by Gasteiger charge is 2.09. The second kappa shape index (κ2) is 3.97. The van der Waals surface area contributed by atoms with E-state index in [9.17, 15) is 0 Å². The van der Waals surface area contributed by atoms with Gasteiger partial charge in [-0.3, -0.25) is 0 Å². The average molecular weight is 155 g/mol. The fourth-order valence-electron chi connectivity index (χ4n) is 0.720. The Labute approximate surface area is 64.7 Å². The molecular formula is C6H10BNO3. The molecule has 0 radical (unpaired) electrons. The Morgan fingerprint density at radius 2 is 1.91 bits per heavy atom. The summed E-state index contributed by atoms with van der Waals surface area (Å²) in [5.74, 6) is 0. The molecule has 60 valence electrons. The van der Waals surface area contributed by atoms with Gasteiger partial charge in [-0.2, -0.15) is 0 Å². The Kier molecular flexibility index (Phi) is 3.60. The van der Waals surface area contributed by atoms with E-state index in [2.05, 4.69) is 0 Å². The van der Waals surface area contributed by atoms with Gasteiger partial charge in [-0.05, 0) is 17.6 Å². The summed E-state index contributed by atoms with van der Waals surface area (Å²) in [6, 6.07) is 6.47. The van der Waals surface area contributed by atoms with Crippen molar-refractivity contribution in [2.45, 2.75) is 0 Å². The lowest BCUT2D eigenvalue weighted by Gasteiger charge is -1.98. The Morgan fingerprint density at radius 1 is 1.27 bits per heavy atom. The summed E-state index contributed by atoms with van der Waals surface area (Å²) < 4.78 is 0. The van der Waals surface area contributed by atoms with Crippen LogP contribution in [0.25, 0.3) is 0 Å². The van der Waals surface area contributed by atoms with Crippen molar-refractivity contribution >= 4 is 18.3 Å². The average Bonchev–Trinajstić information content (AvgIpc) is 1.88. The molecule has 4 nitrogen and oxygen atoms in total. The third-order valence-corrected chi connectivity index (χ3v) is 1.21. The minimum Gasteiger partial charge on any atom is -0.423 e. The molecular weight excluding hydrogens is 145 g/mol. The monoisotopic (exact) mass is 155 g/mol. The van der Waals surface area contributed by atoms with Crippen molar-refractivity contribution in [3.05, 3.63) is 24.3 Å². The highest BCUT2D eigenvalue weighted by Crippen LogP contribution is 1.95. The van der Waals surface area contributed by atoms with E-state index in [0.717, 1.165) is 0 Å². The van der Waals surface area contributed by atoms with Crippen LogP contribution in [0.15, 0.2) is 24.3 Å². The highest BCUT2D eigenvalue weighted by atomic mass is 16.4. The molecule has 0 aliphatic heterocycles. The molecule has 5 heteroatoms. The molecule has 0 atom stereocenters. The third kappa shape index (κ3) is 2.59. The minimum atomic E-state index is -1.43. The number of anilines is 1. The normalized spacial score (nSPS) is 8.55. The molecule has 0 spiro atoms. The maximum atomic E-state index is 8.65. The first-order valence-electron chi connectivity index (χ1n) is 2.92. The van der Waals surface area contributed by atoms with Gasteiger partial charge < -0.3 is 21.3 Å². The predicted molar refractivity (Wildman–Crippen MR) is 44.3 cm³/mol. The second-order valence-electron chi connectivity index (χ2n) is 2.04. The van der Waals surface area contributed by atoms with Crippen LogP contribution in [0.4, 0.5) is 5.69 Å². The highest BCUT2D eigenvalue weighted by molar-refractivity contribution is 6.58. The zero-order valence-corrected chi connectivity index (χ0v) is 5.86. The predicted octanol–water partition coefficient (Wildman–Crippen LogP) is -1.88. The maximum absolute atomic E-state index is 8.65. The third-order valence-electron chi connectivity index (χ3n) is 1.21. The zero-order valence-electron chi connectivity index (χ0n) is 5.86.